The number of benzene rings is 1. The van der Waals surface area contributed by atoms with Crippen LogP contribution in [0.5, 0.6) is 0 Å². The van der Waals surface area contributed by atoms with Gasteiger partial charge in [0.15, 0.2) is 0 Å². The Morgan fingerprint density at radius 2 is 2.05 bits per heavy atom. The van der Waals surface area contributed by atoms with Crippen LogP contribution in [-0.2, 0) is 9.59 Å². The fourth-order valence-electron chi connectivity index (χ4n) is 3.24. The van der Waals surface area contributed by atoms with E-state index < -0.39 is 0 Å². The topological polar surface area (TPSA) is 66.6 Å². The number of likely N-dealkylation sites (tertiary alicyclic amines) is 1. The summed E-state index contributed by atoms with van der Waals surface area (Å²) < 4.78 is 0.872. The molecule has 0 aromatic heterocycles. The lowest BCUT2D eigenvalue weighted by atomic mass is 10.0. The highest BCUT2D eigenvalue weighted by atomic mass is 79.9. The van der Waals surface area contributed by atoms with E-state index in [1.165, 1.54) is 0 Å². The lowest BCUT2D eigenvalue weighted by Gasteiger charge is -2.32. The molecule has 1 aromatic carbocycles. The largest absolute Gasteiger partial charge is 0.341 e. The number of hydrogen-bond donors (Lipinski definition) is 1. The predicted octanol–water partition coefficient (Wildman–Crippen LogP) is 1.75. The number of nitrogens with zero attached hydrogens (tertiary/aromatic N) is 2. The van der Waals surface area contributed by atoms with Crippen molar-refractivity contribution in [2.24, 2.45) is 11.7 Å². The van der Waals surface area contributed by atoms with Gasteiger partial charge in [-0.3, -0.25) is 9.59 Å². The highest BCUT2D eigenvalue weighted by Gasteiger charge is 2.38. The summed E-state index contributed by atoms with van der Waals surface area (Å²) in [6, 6.07) is 7.67. The molecule has 6 heteroatoms. The highest BCUT2D eigenvalue weighted by molar-refractivity contribution is 9.10. The molecule has 3 rings (SSSR count). The first-order chi connectivity index (χ1) is 10.6. The van der Waals surface area contributed by atoms with Crippen LogP contribution in [0.25, 0.3) is 0 Å². The molecule has 22 heavy (non-hydrogen) atoms. The molecule has 118 valence electrons. The molecule has 0 spiro atoms. The van der Waals surface area contributed by atoms with Crippen molar-refractivity contribution in [1.82, 2.24) is 4.90 Å². The van der Waals surface area contributed by atoms with E-state index in [1.54, 1.807) is 4.90 Å². The maximum atomic E-state index is 12.6. The molecule has 2 fully saturated rings. The fourth-order valence-corrected chi connectivity index (χ4v) is 3.74. The smallest absolute Gasteiger partial charge is 0.228 e. The Morgan fingerprint density at radius 3 is 2.77 bits per heavy atom. The number of amides is 2. The van der Waals surface area contributed by atoms with Crippen molar-refractivity contribution in [3.8, 4) is 0 Å². The van der Waals surface area contributed by atoms with Crippen LogP contribution in [0.3, 0.4) is 0 Å². The summed E-state index contributed by atoms with van der Waals surface area (Å²) in [5.74, 6) is -0.186. The van der Waals surface area contributed by atoms with Crippen LogP contribution < -0.4 is 10.6 Å². The van der Waals surface area contributed by atoms with Crippen LogP contribution in [0.2, 0.25) is 0 Å². The van der Waals surface area contributed by atoms with E-state index in [2.05, 4.69) is 15.9 Å². The van der Waals surface area contributed by atoms with Gasteiger partial charge < -0.3 is 15.5 Å². The zero-order valence-corrected chi connectivity index (χ0v) is 14.0. The van der Waals surface area contributed by atoms with E-state index in [-0.39, 0.29) is 30.2 Å². The number of piperidine rings is 1. The summed E-state index contributed by atoms with van der Waals surface area (Å²) in [6.07, 6.45) is 2.20. The second kappa shape index (κ2) is 6.38. The van der Waals surface area contributed by atoms with Crippen molar-refractivity contribution < 1.29 is 9.59 Å². The monoisotopic (exact) mass is 365 g/mol. The summed E-state index contributed by atoms with van der Waals surface area (Å²) in [4.78, 5) is 28.5. The maximum absolute atomic E-state index is 12.6. The van der Waals surface area contributed by atoms with Gasteiger partial charge in [0.2, 0.25) is 11.8 Å². The summed E-state index contributed by atoms with van der Waals surface area (Å²) in [6.45, 7) is 1.82. The van der Waals surface area contributed by atoms with Gasteiger partial charge in [0.05, 0.1) is 11.6 Å². The summed E-state index contributed by atoms with van der Waals surface area (Å²) >= 11 is 3.47. The molecule has 2 aliphatic rings. The van der Waals surface area contributed by atoms with Gasteiger partial charge in [-0.2, -0.15) is 0 Å². The molecule has 0 aliphatic carbocycles. The predicted molar refractivity (Wildman–Crippen MR) is 88.4 cm³/mol. The number of para-hydroxylation sites is 1. The molecule has 2 atom stereocenters. The van der Waals surface area contributed by atoms with E-state index in [1.807, 2.05) is 29.2 Å². The molecule has 0 bridgehead atoms. The Balaban J connectivity index is 1.72. The molecular weight excluding hydrogens is 346 g/mol. The van der Waals surface area contributed by atoms with Crippen molar-refractivity contribution in [1.29, 1.82) is 0 Å². The van der Waals surface area contributed by atoms with E-state index in [0.717, 1.165) is 29.5 Å². The third-order valence-electron chi connectivity index (χ3n) is 4.39. The third-order valence-corrected chi connectivity index (χ3v) is 5.06. The highest BCUT2D eigenvalue weighted by Crippen LogP contribution is 2.32. The second-order valence-corrected chi connectivity index (χ2v) is 6.90. The minimum Gasteiger partial charge on any atom is -0.341 e. The average Bonchev–Trinajstić information content (AvgIpc) is 2.89. The molecule has 5 nitrogen and oxygen atoms in total. The molecule has 2 saturated heterocycles. The van der Waals surface area contributed by atoms with Crippen LogP contribution >= 0.6 is 15.9 Å². The van der Waals surface area contributed by atoms with Gasteiger partial charge >= 0.3 is 0 Å². The normalized spacial score (nSPS) is 25.6. The Morgan fingerprint density at radius 1 is 1.27 bits per heavy atom. The third kappa shape index (κ3) is 3.03. The van der Waals surface area contributed by atoms with Crippen molar-refractivity contribution in [2.45, 2.75) is 25.3 Å². The SMILES string of the molecule is NC1CCCN(C(=O)C2CC(=O)N(c3ccccc3Br)C2)C1. The number of carbonyl (C=O) groups is 2. The fraction of sp³-hybridized carbons (Fsp3) is 0.500. The lowest BCUT2D eigenvalue weighted by molar-refractivity contribution is -0.136. The molecule has 2 heterocycles. The molecule has 1 aromatic rings. The molecular formula is C16H20BrN3O2. The van der Waals surface area contributed by atoms with Crippen LogP contribution in [0, 0.1) is 5.92 Å². The maximum Gasteiger partial charge on any atom is 0.228 e. The Hall–Kier alpha value is -1.40. The van der Waals surface area contributed by atoms with Crippen molar-refractivity contribution in [3.63, 3.8) is 0 Å². The van der Waals surface area contributed by atoms with Crippen LogP contribution in [0.15, 0.2) is 28.7 Å². The first kappa shape index (κ1) is 15.5. The second-order valence-electron chi connectivity index (χ2n) is 6.04. The van der Waals surface area contributed by atoms with E-state index >= 15 is 0 Å². The first-order valence-electron chi connectivity index (χ1n) is 7.65. The zero-order valence-electron chi connectivity index (χ0n) is 12.4. The van der Waals surface area contributed by atoms with Crippen molar-refractivity contribution >= 4 is 33.4 Å². The Labute approximate surface area is 138 Å². The van der Waals surface area contributed by atoms with Gasteiger partial charge in [-0.1, -0.05) is 12.1 Å². The Kier molecular flexibility index (Phi) is 4.49. The van der Waals surface area contributed by atoms with Crippen LogP contribution in [-0.4, -0.2) is 42.4 Å². The summed E-state index contributed by atoms with van der Waals surface area (Å²) in [5, 5.41) is 0. The van der Waals surface area contributed by atoms with E-state index in [0.29, 0.717) is 13.1 Å². The zero-order chi connectivity index (χ0) is 15.7. The van der Waals surface area contributed by atoms with Crippen molar-refractivity contribution in [3.05, 3.63) is 28.7 Å². The van der Waals surface area contributed by atoms with Gasteiger partial charge in [0.1, 0.15) is 0 Å². The van der Waals surface area contributed by atoms with Gasteiger partial charge in [-0.15, -0.1) is 0 Å². The molecule has 2 amide bonds. The van der Waals surface area contributed by atoms with Crippen molar-refractivity contribution in [2.75, 3.05) is 24.5 Å². The van der Waals surface area contributed by atoms with Crippen LogP contribution in [0.1, 0.15) is 19.3 Å². The van der Waals surface area contributed by atoms with Crippen LogP contribution in [0.4, 0.5) is 5.69 Å². The van der Waals surface area contributed by atoms with Gasteiger partial charge in [0, 0.05) is 36.6 Å². The average molecular weight is 366 g/mol. The minimum atomic E-state index is -0.259. The molecule has 2 unspecified atom stereocenters. The first-order valence-corrected chi connectivity index (χ1v) is 8.45. The summed E-state index contributed by atoms with van der Waals surface area (Å²) in [5.41, 5.74) is 6.78. The number of anilines is 1. The molecule has 2 N–H and O–H groups in total. The minimum absolute atomic E-state index is 0.00607. The number of carbonyl (C=O) groups excluding carboxylic acids is 2. The Bertz CT molecular complexity index is 593. The number of nitrogens with two attached hydrogens (primary N) is 1. The van der Waals surface area contributed by atoms with Gasteiger partial charge in [0.25, 0.3) is 0 Å². The lowest BCUT2D eigenvalue weighted by Crippen LogP contribution is -2.48. The number of halogens is 1. The molecule has 0 radical (unpaired) electrons. The van der Waals surface area contributed by atoms with E-state index in [4.69, 9.17) is 5.73 Å². The molecule has 2 aliphatic heterocycles. The van der Waals surface area contributed by atoms with Gasteiger partial charge in [-0.05, 0) is 40.9 Å². The molecule has 0 saturated carbocycles. The summed E-state index contributed by atoms with van der Waals surface area (Å²) in [7, 11) is 0. The van der Waals surface area contributed by atoms with Gasteiger partial charge in [-0.25, -0.2) is 0 Å². The standard InChI is InChI=1S/C16H20BrN3O2/c17-13-5-1-2-6-14(13)20-9-11(8-15(20)21)16(22)19-7-3-4-12(18)10-19/h1-2,5-6,11-12H,3-4,7-10,18H2. The quantitative estimate of drug-likeness (QED) is 0.867. The number of rotatable bonds is 2. The number of hydrogen-bond acceptors (Lipinski definition) is 3. The van der Waals surface area contributed by atoms with E-state index in [9.17, 15) is 9.59 Å².